The number of rotatable bonds is 11. The number of aryl methyl sites for hydroxylation is 2. The molecule has 0 spiro atoms. The van der Waals surface area contributed by atoms with E-state index in [2.05, 4.69) is 22.5 Å². The number of carboxylic acids is 2. The predicted octanol–water partition coefficient (Wildman–Crippen LogP) is 2.57. The summed E-state index contributed by atoms with van der Waals surface area (Å²) in [6.07, 6.45) is 9.48. The Morgan fingerprint density at radius 2 is 1.12 bits per heavy atom. The van der Waals surface area contributed by atoms with Gasteiger partial charge in [0.05, 0.1) is 13.1 Å². The second-order valence-corrected chi connectivity index (χ2v) is 11.4. The van der Waals surface area contributed by atoms with Crippen LogP contribution in [0.4, 0.5) is 9.59 Å². The Kier molecular flexibility index (Phi) is 16.8. The Labute approximate surface area is 292 Å². The number of nitrogens with zero attached hydrogens (tertiary/aromatic N) is 2. The molecule has 2 aliphatic carbocycles. The number of fused-ring (bicyclic) bond motifs is 2. The lowest BCUT2D eigenvalue weighted by Crippen LogP contribution is -2.39. The Morgan fingerprint density at radius 3 is 1.42 bits per heavy atom. The maximum absolute atomic E-state index is 11.8. The molecule has 14 heteroatoms. The number of carbonyl (C=O) groups excluding carboxylic acids is 2. The number of ether oxygens (including phenoxy) is 2. The Balaban J connectivity index is 0.000000276. The second kappa shape index (κ2) is 20.4. The van der Waals surface area contributed by atoms with Gasteiger partial charge >= 0.3 is 24.1 Å². The van der Waals surface area contributed by atoms with Crippen LogP contribution in [0.3, 0.4) is 0 Å². The minimum atomic E-state index is -2.27. The standard InChI is InChI=1S/2C16H20N2O2.C4H6O6/c2*1-4-10-17-15-9-7-12-6-8-13(11-14(12)15)20-16(19)18(3)5-2;5-1(3(7)8)2(6)4(9)10/h2*1,6,8,11,15,17H,5,7,9-10H2,2-3H3;1-2,5-6H,(H,7,8)(H,9,10). The molecule has 4 unspecified atom stereocenters. The van der Waals surface area contributed by atoms with Crippen molar-refractivity contribution >= 4 is 24.1 Å². The molecule has 2 amide bonds. The maximum atomic E-state index is 11.8. The molecule has 0 heterocycles. The zero-order chi connectivity index (χ0) is 37.4. The fraction of sp³-hybridized carbons (Fsp3) is 0.444. The monoisotopic (exact) mass is 694 g/mol. The molecular weight excluding hydrogens is 648 g/mol. The van der Waals surface area contributed by atoms with Gasteiger partial charge in [-0.1, -0.05) is 24.0 Å². The van der Waals surface area contributed by atoms with Gasteiger partial charge in [0.1, 0.15) is 11.5 Å². The normalized spacial score (nSPS) is 16.2. The van der Waals surface area contributed by atoms with Crippen molar-refractivity contribution in [2.45, 2.75) is 63.8 Å². The summed E-state index contributed by atoms with van der Waals surface area (Å²) in [5.41, 5.74) is 4.96. The van der Waals surface area contributed by atoms with Gasteiger partial charge in [0.2, 0.25) is 0 Å². The summed E-state index contributed by atoms with van der Waals surface area (Å²) in [6.45, 7) is 6.15. The number of nitrogens with one attached hydrogen (secondary N) is 2. The number of benzene rings is 2. The molecule has 50 heavy (non-hydrogen) atoms. The van der Waals surface area contributed by atoms with Gasteiger partial charge in [-0.05, 0) is 86.1 Å². The molecule has 2 aromatic carbocycles. The zero-order valence-corrected chi connectivity index (χ0v) is 28.7. The average Bonchev–Trinajstić information content (AvgIpc) is 3.71. The van der Waals surface area contributed by atoms with E-state index in [4.69, 9.17) is 42.7 Å². The van der Waals surface area contributed by atoms with E-state index in [0.717, 1.165) is 25.7 Å². The van der Waals surface area contributed by atoms with Crippen molar-refractivity contribution in [2.24, 2.45) is 0 Å². The number of amides is 2. The Hall–Kier alpha value is -5.12. The summed E-state index contributed by atoms with van der Waals surface area (Å²) in [5.74, 6) is 2.82. The third-order valence-corrected chi connectivity index (χ3v) is 8.08. The van der Waals surface area contributed by atoms with Gasteiger partial charge in [-0.2, -0.15) is 0 Å². The Morgan fingerprint density at radius 1 is 0.760 bits per heavy atom. The molecule has 14 nitrogen and oxygen atoms in total. The molecule has 4 atom stereocenters. The first-order valence-electron chi connectivity index (χ1n) is 16.0. The van der Waals surface area contributed by atoms with Gasteiger partial charge in [0.15, 0.2) is 12.2 Å². The summed E-state index contributed by atoms with van der Waals surface area (Å²) < 4.78 is 10.7. The fourth-order valence-corrected chi connectivity index (χ4v) is 4.96. The number of carbonyl (C=O) groups is 4. The zero-order valence-electron chi connectivity index (χ0n) is 28.7. The van der Waals surface area contributed by atoms with E-state index in [0.29, 0.717) is 37.7 Å². The number of carboxylic acid groups (broad SMARTS) is 2. The quantitative estimate of drug-likeness (QED) is 0.188. The first-order valence-corrected chi connectivity index (χ1v) is 16.0. The topological polar surface area (TPSA) is 198 Å². The molecule has 0 bridgehead atoms. The van der Waals surface area contributed by atoms with Crippen molar-refractivity contribution in [1.29, 1.82) is 0 Å². The second-order valence-electron chi connectivity index (χ2n) is 11.4. The molecule has 6 N–H and O–H groups in total. The van der Waals surface area contributed by atoms with Crippen LogP contribution < -0.4 is 20.1 Å². The summed E-state index contributed by atoms with van der Waals surface area (Å²) in [7, 11) is 3.43. The van der Waals surface area contributed by atoms with E-state index in [1.54, 1.807) is 14.1 Å². The van der Waals surface area contributed by atoms with E-state index in [-0.39, 0.29) is 24.3 Å². The van der Waals surface area contributed by atoms with Crippen LogP contribution in [0, 0.1) is 24.7 Å². The van der Waals surface area contributed by atoms with Crippen LogP contribution in [0.25, 0.3) is 0 Å². The lowest BCUT2D eigenvalue weighted by atomic mass is 10.1. The van der Waals surface area contributed by atoms with Crippen LogP contribution in [0.5, 0.6) is 11.5 Å². The molecule has 2 aliphatic rings. The molecule has 0 fully saturated rings. The fourth-order valence-electron chi connectivity index (χ4n) is 4.96. The summed E-state index contributed by atoms with van der Waals surface area (Å²) >= 11 is 0. The van der Waals surface area contributed by atoms with E-state index < -0.39 is 24.1 Å². The largest absolute Gasteiger partial charge is 0.479 e. The minimum absolute atomic E-state index is 0.253. The smallest absolute Gasteiger partial charge is 0.414 e. The summed E-state index contributed by atoms with van der Waals surface area (Å²) in [4.78, 5) is 46.1. The highest BCUT2D eigenvalue weighted by Gasteiger charge is 2.29. The maximum Gasteiger partial charge on any atom is 0.414 e. The van der Waals surface area contributed by atoms with Crippen molar-refractivity contribution in [3.63, 3.8) is 0 Å². The number of aliphatic hydroxyl groups is 2. The van der Waals surface area contributed by atoms with Gasteiger partial charge in [-0.25, -0.2) is 19.2 Å². The van der Waals surface area contributed by atoms with Gasteiger partial charge in [0.25, 0.3) is 0 Å². The van der Waals surface area contributed by atoms with Crippen molar-refractivity contribution in [1.82, 2.24) is 20.4 Å². The van der Waals surface area contributed by atoms with Crippen molar-refractivity contribution in [2.75, 3.05) is 40.3 Å². The predicted molar refractivity (Wildman–Crippen MR) is 185 cm³/mol. The minimum Gasteiger partial charge on any atom is -0.479 e. The van der Waals surface area contributed by atoms with Gasteiger partial charge in [-0.3, -0.25) is 10.6 Å². The number of hydrogen-bond donors (Lipinski definition) is 6. The molecule has 0 aliphatic heterocycles. The van der Waals surface area contributed by atoms with Crippen LogP contribution in [-0.4, -0.2) is 107 Å². The van der Waals surface area contributed by atoms with E-state index in [1.165, 1.54) is 32.1 Å². The molecule has 2 aromatic rings. The highest BCUT2D eigenvalue weighted by atomic mass is 16.6. The molecule has 0 saturated carbocycles. The molecule has 0 saturated heterocycles. The van der Waals surface area contributed by atoms with Crippen LogP contribution >= 0.6 is 0 Å². The van der Waals surface area contributed by atoms with Gasteiger partial charge < -0.3 is 39.7 Å². The average molecular weight is 695 g/mol. The highest BCUT2D eigenvalue weighted by molar-refractivity contribution is 5.83. The van der Waals surface area contributed by atoms with Crippen molar-refractivity contribution in [3.8, 4) is 36.2 Å². The van der Waals surface area contributed by atoms with Crippen molar-refractivity contribution in [3.05, 3.63) is 58.7 Å². The third kappa shape index (κ3) is 12.1. The van der Waals surface area contributed by atoms with E-state index in [9.17, 15) is 19.2 Å². The van der Waals surface area contributed by atoms with Crippen LogP contribution in [0.1, 0.15) is 61.0 Å². The summed E-state index contributed by atoms with van der Waals surface area (Å²) in [6, 6.07) is 12.2. The highest BCUT2D eigenvalue weighted by Crippen LogP contribution is 2.35. The number of aliphatic hydroxyl groups excluding tert-OH is 2. The SMILES string of the molecule is C#CCNC1CCc2ccc(OC(=O)N(C)CC)cc21.C#CCNC1CCc2ccc(OC(=O)N(C)CC)cc21.O=C(O)C(O)C(O)C(=O)O. The van der Waals surface area contributed by atoms with E-state index >= 15 is 0 Å². The number of terminal acetylenes is 2. The molecule has 0 radical (unpaired) electrons. The van der Waals surface area contributed by atoms with Gasteiger partial charge in [-0.15, -0.1) is 12.8 Å². The number of hydrogen-bond acceptors (Lipinski definition) is 10. The van der Waals surface area contributed by atoms with E-state index in [1.807, 2.05) is 50.2 Å². The summed E-state index contributed by atoms with van der Waals surface area (Å²) in [5, 5.41) is 39.2. The molecule has 0 aromatic heterocycles. The number of aliphatic carboxylic acids is 2. The Bertz CT molecular complexity index is 1450. The molecule has 270 valence electrons. The lowest BCUT2D eigenvalue weighted by Gasteiger charge is -2.16. The molecule has 4 rings (SSSR count). The van der Waals surface area contributed by atoms with Crippen LogP contribution in [0.2, 0.25) is 0 Å². The third-order valence-electron chi connectivity index (χ3n) is 8.08. The molecular formula is C36H46N4O10. The van der Waals surface area contributed by atoms with Gasteiger partial charge in [0, 0.05) is 39.3 Å². The van der Waals surface area contributed by atoms with Crippen LogP contribution in [0.15, 0.2) is 36.4 Å². The van der Waals surface area contributed by atoms with Crippen LogP contribution in [-0.2, 0) is 22.4 Å². The first kappa shape index (κ1) is 41.1. The first-order chi connectivity index (χ1) is 23.8. The van der Waals surface area contributed by atoms with Crippen molar-refractivity contribution < 1.29 is 49.1 Å². The lowest BCUT2D eigenvalue weighted by molar-refractivity contribution is -0.165.